The lowest BCUT2D eigenvalue weighted by Crippen LogP contribution is -2.27. The van der Waals surface area contributed by atoms with Crippen LogP contribution in [0.25, 0.3) is 11.3 Å². The summed E-state index contributed by atoms with van der Waals surface area (Å²) in [4.78, 5) is 21.8. The van der Waals surface area contributed by atoms with Crippen LogP contribution in [0.2, 0.25) is 0 Å². The highest BCUT2D eigenvalue weighted by molar-refractivity contribution is 6.01. The summed E-state index contributed by atoms with van der Waals surface area (Å²) >= 11 is 0. The van der Waals surface area contributed by atoms with Crippen molar-refractivity contribution in [2.75, 3.05) is 17.2 Å². The fourth-order valence-electron chi connectivity index (χ4n) is 1.90. The van der Waals surface area contributed by atoms with Crippen LogP contribution in [-0.4, -0.2) is 18.7 Å². The summed E-state index contributed by atoms with van der Waals surface area (Å²) < 4.78 is 5.34. The molecule has 0 radical (unpaired) electrons. The van der Waals surface area contributed by atoms with Gasteiger partial charge in [-0.05, 0) is 30.3 Å². The number of carbonyl (C=O) groups is 2. The highest BCUT2D eigenvalue weighted by atomic mass is 16.3. The number of nitrogens with one attached hydrogen (secondary N) is 2. The van der Waals surface area contributed by atoms with Gasteiger partial charge in [-0.15, -0.1) is 0 Å². The third kappa shape index (κ3) is 1.75. The number of hydrogen-bond acceptors (Lipinski definition) is 4. The molecule has 5 nitrogen and oxygen atoms in total. The summed E-state index contributed by atoms with van der Waals surface area (Å²) in [6.45, 7) is 0.280. The number of rotatable bonds is 2. The summed E-state index contributed by atoms with van der Waals surface area (Å²) in [6, 6.07) is 8.89. The topological polar surface area (TPSA) is 71.3 Å². The highest BCUT2D eigenvalue weighted by Gasteiger charge is 2.15. The van der Waals surface area contributed by atoms with Crippen molar-refractivity contribution in [3.05, 3.63) is 36.1 Å². The van der Waals surface area contributed by atoms with Crippen LogP contribution in [0.15, 0.2) is 34.7 Å². The first-order chi connectivity index (χ1) is 8.76. The van der Waals surface area contributed by atoms with E-state index in [0.717, 1.165) is 11.3 Å². The smallest absolute Gasteiger partial charge is 0.243 e. The summed E-state index contributed by atoms with van der Waals surface area (Å²) in [6.07, 6.45) is 0.658. The Kier molecular flexibility index (Phi) is 2.37. The largest absolute Gasteiger partial charge is 0.453 e. The zero-order chi connectivity index (χ0) is 12.5. The van der Waals surface area contributed by atoms with Gasteiger partial charge < -0.3 is 15.1 Å². The Morgan fingerprint density at radius 3 is 2.83 bits per heavy atom. The first-order valence-corrected chi connectivity index (χ1v) is 5.49. The Balaban J connectivity index is 2.01. The van der Waals surface area contributed by atoms with Gasteiger partial charge in [-0.3, -0.25) is 9.59 Å². The van der Waals surface area contributed by atoms with E-state index in [1.807, 2.05) is 18.2 Å². The molecule has 1 aliphatic heterocycles. The number of amides is 1. The monoisotopic (exact) mass is 242 g/mol. The van der Waals surface area contributed by atoms with Crippen molar-refractivity contribution in [2.24, 2.45) is 0 Å². The van der Waals surface area contributed by atoms with Crippen molar-refractivity contribution in [3.8, 4) is 11.3 Å². The Morgan fingerprint density at radius 1 is 1.17 bits per heavy atom. The molecule has 1 aromatic heterocycles. The maximum atomic E-state index is 11.3. The predicted molar refractivity (Wildman–Crippen MR) is 66.7 cm³/mol. The minimum absolute atomic E-state index is 0.0762. The number of anilines is 2. The Morgan fingerprint density at radius 2 is 2.06 bits per heavy atom. The van der Waals surface area contributed by atoms with E-state index in [0.29, 0.717) is 17.7 Å². The maximum Gasteiger partial charge on any atom is 0.243 e. The molecule has 0 fully saturated rings. The summed E-state index contributed by atoms with van der Waals surface area (Å²) in [5, 5.41) is 5.79. The van der Waals surface area contributed by atoms with Gasteiger partial charge in [0.25, 0.3) is 0 Å². The van der Waals surface area contributed by atoms with Crippen molar-refractivity contribution in [1.29, 1.82) is 0 Å². The summed E-state index contributed by atoms with van der Waals surface area (Å²) in [5.74, 6) is 0.803. The number of benzene rings is 1. The van der Waals surface area contributed by atoms with E-state index in [-0.39, 0.29) is 18.2 Å². The molecule has 1 aliphatic rings. The van der Waals surface area contributed by atoms with E-state index < -0.39 is 0 Å². The van der Waals surface area contributed by atoms with Gasteiger partial charge in [0.05, 0.1) is 17.9 Å². The van der Waals surface area contributed by atoms with Crippen LogP contribution in [0.5, 0.6) is 0 Å². The molecule has 3 rings (SSSR count). The summed E-state index contributed by atoms with van der Waals surface area (Å²) in [5.41, 5.74) is 2.40. The van der Waals surface area contributed by atoms with E-state index in [1.165, 1.54) is 0 Å². The van der Waals surface area contributed by atoms with Gasteiger partial charge >= 0.3 is 0 Å². The second kappa shape index (κ2) is 4.03. The van der Waals surface area contributed by atoms with Crippen molar-refractivity contribution in [2.45, 2.75) is 0 Å². The van der Waals surface area contributed by atoms with Crippen molar-refractivity contribution in [1.82, 2.24) is 0 Å². The van der Waals surface area contributed by atoms with E-state index >= 15 is 0 Å². The molecule has 18 heavy (non-hydrogen) atoms. The molecular formula is C13H10N2O3. The molecule has 2 aromatic rings. The molecule has 0 aliphatic carbocycles. The van der Waals surface area contributed by atoms with E-state index in [4.69, 9.17) is 4.42 Å². The normalized spacial score (nSPS) is 13.4. The van der Waals surface area contributed by atoms with Crippen LogP contribution in [0.3, 0.4) is 0 Å². The second-order valence-electron chi connectivity index (χ2n) is 3.98. The molecule has 1 aromatic carbocycles. The third-order valence-electron chi connectivity index (χ3n) is 2.76. The van der Waals surface area contributed by atoms with Crippen LogP contribution in [0.1, 0.15) is 10.6 Å². The van der Waals surface area contributed by atoms with Crippen molar-refractivity contribution >= 4 is 23.6 Å². The Hall–Kier alpha value is -2.56. The molecular weight excluding hydrogens is 232 g/mol. The maximum absolute atomic E-state index is 11.3. The van der Waals surface area contributed by atoms with Gasteiger partial charge in [0.1, 0.15) is 5.76 Å². The van der Waals surface area contributed by atoms with Gasteiger partial charge in [0, 0.05) is 5.56 Å². The fourth-order valence-corrected chi connectivity index (χ4v) is 1.90. The molecule has 1 amide bonds. The molecule has 5 heteroatoms. The van der Waals surface area contributed by atoms with Gasteiger partial charge in [-0.1, -0.05) is 0 Å². The zero-order valence-electron chi connectivity index (χ0n) is 9.40. The van der Waals surface area contributed by atoms with Gasteiger partial charge in [0.15, 0.2) is 12.0 Å². The first-order valence-electron chi connectivity index (χ1n) is 5.49. The minimum Gasteiger partial charge on any atom is -0.453 e. The van der Waals surface area contributed by atoms with Crippen LogP contribution in [0, 0.1) is 0 Å². The van der Waals surface area contributed by atoms with E-state index in [1.54, 1.807) is 12.1 Å². The van der Waals surface area contributed by atoms with E-state index in [9.17, 15) is 9.59 Å². The van der Waals surface area contributed by atoms with Crippen LogP contribution >= 0.6 is 0 Å². The lowest BCUT2D eigenvalue weighted by atomic mass is 10.1. The fraction of sp³-hybridized carbons (Fsp3) is 0.0769. The number of furan rings is 1. The molecule has 2 heterocycles. The molecule has 2 N–H and O–H groups in total. The highest BCUT2D eigenvalue weighted by Crippen LogP contribution is 2.31. The molecule has 0 saturated heterocycles. The van der Waals surface area contributed by atoms with Crippen LogP contribution in [-0.2, 0) is 4.79 Å². The zero-order valence-corrected chi connectivity index (χ0v) is 9.40. The number of hydrogen-bond donors (Lipinski definition) is 2. The standard InChI is InChI=1S/C13H10N2O3/c16-7-9-2-4-12(18-9)8-1-3-10-11(5-8)15-13(17)6-14-10/h1-5,7,14H,6H2,(H,15,17). The Labute approximate surface area is 103 Å². The number of carbonyl (C=O) groups excluding carboxylic acids is 2. The van der Waals surface area contributed by atoms with Gasteiger partial charge in [-0.2, -0.15) is 0 Å². The number of aldehydes is 1. The quantitative estimate of drug-likeness (QED) is 0.791. The molecule has 90 valence electrons. The van der Waals surface area contributed by atoms with Crippen molar-refractivity contribution in [3.63, 3.8) is 0 Å². The van der Waals surface area contributed by atoms with Crippen LogP contribution in [0.4, 0.5) is 11.4 Å². The SMILES string of the molecule is O=Cc1ccc(-c2ccc3c(c2)NC(=O)CN3)o1. The molecule has 0 saturated carbocycles. The molecule has 0 bridgehead atoms. The van der Waals surface area contributed by atoms with Gasteiger partial charge in [0.2, 0.25) is 5.91 Å². The number of fused-ring (bicyclic) bond motifs is 1. The third-order valence-corrected chi connectivity index (χ3v) is 2.76. The first kappa shape index (κ1) is 10.6. The molecule has 0 spiro atoms. The average Bonchev–Trinajstić information content (AvgIpc) is 2.86. The predicted octanol–water partition coefficient (Wildman–Crippen LogP) is 2.12. The second-order valence-corrected chi connectivity index (χ2v) is 3.98. The van der Waals surface area contributed by atoms with Crippen molar-refractivity contribution < 1.29 is 14.0 Å². The average molecular weight is 242 g/mol. The Bertz CT molecular complexity index is 631. The van der Waals surface area contributed by atoms with Gasteiger partial charge in [-0.25, -0.2) is 0 Å². The molecule has 0 atom stereocenters. The summed E-state index contributed by atoms with van der Waals surface area (Å²) in [7, 11) is 0. The molecule has 0 unspecified atom stereocenters. The van der Waals surface area contributed by atoms with Crippen LogP contribution < -0.4 is 10.6 Å². The minimum atomic E-state index is -0.0762. The van der Waals surface area contributed by atoms with E-state index in [2.05, 4.69) is 10.6 Å². The lowest BCUT2D eigenvalue weighted by molar-refractivity contribution is -0.114. The lowest BCUT2D eigenvalue weighted by Gasteiger charge is -2.18.